The predicted molar refractivity (Wildman–Crippen MR) is 96.2 cm³/mol. The van der Waals surface area contributed by atoms with Crippen molar-refractivity contribution in [3.8, 4) is 0 Å². The van der Waals surface area contributed by atoms with Crippen molar-refractivity contribution in [3.63, 3.8) is 0 Å². The molecule has 0 radical (unpaired) electrons. The summed E-state index contributed by atoms with van der Waals surface area (Å²) in [4.78, 5) is 7.18. The quantitative estimate of drug-likeness (QED) is 0.699. The molecule has 1 fully saturated rings. The minimum Gasteiger partial charge on any atom is -0.370 e. The van der Waals surface area contributed by atoms with E-state index in [9.17, 15) is 12.8 Å². The van der Waals surface area contributed by atoms with Gasteiger partial charge in [-0.25, -0.2) is 17.8 Å². The summed E-state index contributed by atoms with van der Waals surface area (Å²) >= 11 is 5.67. The molecule has 0 amide bonds. The number of rotatable bonds is 4. The molecule has 0 saturated carbocycles. The molecule has 0 bridgehead atoms. The van der Waals surface area contributed by atoms with E-state index < -0.39 is 20.7 Å². The average Bonchev–Trinajstić information content (AvgIpc) is 3.22. The fourth-order valence-electron chi connectivity index (χ4n) is 2.94. The molecule has 0 aliphatic carbocycles. The number of sulfonamides is 1. The first-order chi connectivity index (χ1) is 12.4. The molecule has 2 heterocycles. The van der Waals surface area contributed by atoms with Gasteiger partial charge in [0.05, 0.1) is 16.7 Å². The maximum atomic E-state index is 13.9. The van der Waals surface area contributed by atoms with Gasteiger partial charge in [-0.3, -0.25) is 4.72 Å². The molecule has 2 aromatic carbocycles. The van der Waals surface area contributed by atoms with Crippen LogP contribution in [0.15, 0.2) is 41.3 Å². The van der Waals surface area contributed by atoms with E-state index in [1.54, 1.807) is 18.2 Å². The zero-order chi connectivity index (χ0) is 18.3. The summed E-state index contributed by atoms with van der Waals surface area (Å²) in [6.45, 7) is 0.708. The maximum absolute atomic E-state index is 13.9. The summed E-state index contributed by atoms with van der Waals surface area (Å²) in [5, 5.41) is 0.127. The Morgan fingerprint density at radius 3 is 2.85 bits per heavy atom. The number of fused-ring (bicyclic) bond motifs is 1. The number of ether oxygens (including phenoxy) is 1. The lowest BCUT2D eigenvalue weighted by Crippen LogP contribution is -2.14. The Morgan fingerprint density at radius 2 is 2.12 bits per heavy atom. The van der Waals surface area contributed by atoms with Gasteiger partial charge in [-0.05, 0) is 49.2 Å². The molecule has 1 unspecified atom stereocenters. The lowest BCUT2D eigenvalue weighted by atomic mass is 10.2. The molecular weight excluding hydrogens is 381 g/mol. The van der Waals surface area contributed by atoms with Crippen molar-refractivity contribution in [2.75, 3.05) is 11.3 Å². The first kappa shape index (κ1) is 17.3. The summed E-state index contributed by atoms with van der Waals surface area (Å²) < 4.78 is 46.8. The van der Waals surface area contributed by atoms with E-state index >= 15 is 0 Å². The highest BCUT2D eigenvalue weighted by Crippen LogP contribution is 2.29. The number of hydrogen-bond acceptors (Lipinski definition) is 4. The molecule has 2 N–H and O–H groups in total. The Morgan fingerprint density at radius 1 is 1.27 bits per heavy atom. The van der Waals surface area contributed by atoms with E-state index in [4.69, 9.17) is 16.3 Å². The zero-order valence-electron chi connectivity index (χ0n) is 13.5. The van der Waals surface area contributed by atoms with Crippen molar-refractivity contribution in [3.05, 3.63) is 53.1 Å². The second kappa shape index (κ2) is 6.53. The number of H-pyrrole nitrogens is 1. The van der Waals surface area contributed by atoms with Crippen LogP contribution in [0.3, 0.4) is 0 Å². The summed E-state index contributed by atoms with van der Waals surface area (Å²) in [5.41, 5.74) is 1.68. The Balaban J connectivity index is 1.64. The predicted octanol–water partition coefficient (Wildman–Crippen LogP) is 4.01. The summed E-state index contributed by atoms with van der Waals surface area (Å²) in [6, 6.07) is 8.30. The van der Waals surface area contributed by atoms with Crippen molar-refractivity contribution in [1.82, 2.24) is 9.97 Å². The number of anilines is 1. The van der Waals surface area contributed by atoms with Crippen LogP contribution >= 0.6 is 11.6 Å². The highest BCUT2D eigenvalue weighted by molar-refractivity contribution is 7.92. The van der Waals surface area contributed by atoms with Crippen LogP contribution in [0, 0.1) is 5.82 Å². The average molecular weight is 396 g/mol. The van der Waals surface area contributed by atoms with Crippen molar-refractivity contribution < 1.29 is 17.5 Å². The van der Waals surface area contributed by atoms with Crippen molar-refractivity contribution in [2.24, 2.45) is 0 Å². The molecule has 1 aromatic heterocycles. The fraction of sp³-hybridized carbons (Fsp3) is 0.235. The van der Waals surface area contributed by atoms with Crippen molar-refractivity contribution in [1.29, 1.82) is 0 Å². The minimum atomic E-state index is -4.08. The Bertz CT molecular complexity index is 1080. The van der Waals surface area contributed by atoms with Gasteiger partial charge in [0.1, 0.15) is 22.6 Å². The molecule has 3 aromatic rings. The van der Waals surface area contributed by atoms with Gasteiger partial charge in [0.25, 0.3) is 10.0 Å². The second-order valence-electron chi connectivity index (χ2n) is 6.04. The van der Waals surface area contributed by atoms with Gasteiger partial charge < -0.3 is 9.72 Å². The van der Waals surface area contributed by atoms with Gasteiger partial charge >= 0.3 is 0 Å². The van der Waals surface area contributed by atoms with Crippen LogP contribution in [-0.4, -0.2) is 25.0 Å². The number of aromatic nitrogens is 2. The third-order valence-electron chi connectivity index (χ3n) is 4.17. The third kappa shape index (κ3) is 3.27. The minimum absolute atomic E-state index is 0.0642. The Labute approximate surface area is 154 Å². The molecule has 136 valence electrons. The molecule has 6 nitrogen and oxygen atoms in total. The largest absolute Gasteiger partial charge is 0.370 e. The van der Waals surface area contributed by atoms with Crippen LogP contribution in [0.5, 0.6) is 0 Å². The summed E-state index contributed by atoms with van der Waals surface area (Å²) in [7, 11) is -4.08. The zero-order valence-corrected chi connectivity index (χ0v) is 15.1. The molecule has 1 aliphatic heterocycles. The molecular formula is C17H15ClFN3O3S. The lowest BCUT2D eigenvalue weighted by Gasteiger charge is -2.09. The van der Waals surface area contributed by atoms with E-state index in [0.29, 0.717) is 23.3 Å². The standard InChI is InChI=1S/C17H15ClFN3O3S/c18-10-3-6-16(12(19)8-10)26(23,24)22-11-4-5-13-14(9-11)21-17(20-13)15-2-1-7-25-15/h3-6,8-9,15,22H,1-2,7H2,(H,20,21). The number of nitrogens with zero attached hydrogens (tertiary/aromatic N) is 1. The van der Waals surface area contributed by atoms with E-state index in [1.165, 1.54) is 6.07 Å². The van der Waals surface area contributed by atoms with Gasteiger partial charge in [-0.1, -0.05) is 11.6 Å². The van der Waals surface area contributed by atoms with Gasteiger partial charge in [0.15, 0.2) is 0 Å². The molecule has 9 heteroatoms. The fourth-order valence-corrected chi connectivity index (χ4v) is 4.21. The van der Waals surface area contributed by atoms with Gasteiger partial charge in [-0.2, -0.15) is 0 Å². The van der Waals surface area contributed by atoms with Crippen LogP contribution < -0.4 is 4.72 Å². The molecule has 0 spiro atoms. The number of halogens is 2. The van der Waals surface area contributed by atoms with Crippen molar-refractivity contribution >= 4 is 38.3 Å². The van der Waals surface area contributed by atoms with E-state index in [-0.39, 0.29) is 11.1 Å². The SMILES string of the molecule is O=S(=O)(Nc1ccc2nc(C3CCCO3)[nH]c2c1)c1ccc(Cl)cc1F. The highest BCUT2D eigenvalue weighted by Gasteiger charge is 2.22. The number of benzene rings is 2. The molecule has 1 atom stereocenters. The monoisotopic (exact) mass is 395 g/mol. The van der Waals surface area contributed by atoms with Crippen LogP contribution in [0.2, 0.25) is 5.02 Å². The lowest BCUT2D eigenvalue weighted by molar-refractivity contribution is 0.106. The van der Waals surface area contributed by atoms with Crippen LogP contribution in [0.4, 0.5) is 10.1 Å². The third-order valence-corrected chi connectivity index (χ3v) is 5.82. The van der Waals surface area contributed by atoms with Crippen LogP contribution in [0.1, 0.15) is 24.8 Å². The number of aromatic amines is 1. The Hall–Kier alpha value is -2.16. The molecule has 4 rings (SSSR count). The van der Waals surface area contributed by atoms with Crippen LogP contribution in [0.25, 0.3) is 11.0 Å². The van der Waals surface area contributed by atoms with E-state index in [1.807, 2.05) is 0 Å². The van der Waals surface area contributed by atoms with Crippen molar-refractivity contribution in [2.45, 2.75) is 23.8 Å². The highest BCUT2D eigenvalue weighted by atomic mass is 35.5. The molecule has 1 saturated heterocycles. The summed E-state index contributed by atoms with van der Waals surface area (Å²) in [6.07, 6.45) is 1.82. The van der Waals surface area contributed by atoms with Crippen LogP contribution in [-0.2, 0) is 14.8 Å². The molecule has 26 heavy (non-hydrogen) atoms. The Kier molecular flexibility index (Phi) is 4.34. The first-order valence-electron chi connectivity index (χ1n) is 8.01. The maximum Gasteiger partial charge on any atom is 0.264 e. The van der Waals surface area contributed by atoms with E-state index in [0.717, 1.165) is 30.8 Å². The normalized spacial score (nSPS) is 17.7. The van der Waals surface area contributed by atoms with Gasteiger partial charge in [0, 0.05) is 11.6 Å². The van der Waals surface area contributed by atoms with Gasteiger partial charge in [-0.15, -0.1) is 0 Å². The van der Waals surface area contributed by atoms with Gasteiger partial charge in [0.2, 0.25) is 0 Å². The smallest absolute Gasteiger partial charge is 0.264 e. The van der Waals surface area contributed by atoms with E-state index in [2.05, 4.69) is 14.7 Å². The molecule has 1 aliphatic rings. The number of imidazole rings is 1. The number of hydrogen-bond donors (Lipinski definition) is 2. The first-order valence-corrected chi connectivity index (χ1v) is 9.88. The summed E-state index contributed by atoms with van der Waals surface area (Å²) in [5.74, 6) is -0.186. The topological polar surface area (TPSA) is 84.1 Å². The second-order valence-corrected chi connectivity index (χ2v) is 8.12. The number of nitrogens with one attached hydrogen (secondary N) is 2.